The first-order valence-electron chi connectivity index (χ1n) is 3.95. The molecule has 0 spiro atoms. The first-order valence-corrected chi connectivity index (χ1v) is 4.33. The van der Waals surface area contributed by atoms with Gasteiger partial charge in [0.2, 0.25) is 0 Å². The molecule has 1 aromatic carbocycles. The van der Waals surface area contributed by atoms with Gasteiger partial charge in [-0.25, -0.2) is 0 Å². The van der Waals surface area contributed by atoms with E-state index in [9.17, 15) is 0 Å². The highest BCUT2D eigenvalue weighted by Gasteiger charge is 2.36. The van der Waals surface area contributed by atoms with Crippen LogP contribution in [0.15, 0.2) is 40.6 Å². The summed E-state index contributed by atoms with van der Waals surface area (Å²) in [5.74, 6) is 0. The number of hydrogen-bond donors (Lipinski definition) is 0. The van der Waals surface area contributed by atoms with E-state index in [1.54, 1.807) is 0 Å². The highest BCUT2D eigenvalue weighted by atomic mass is 35.5. The summed E-state index contributed by atoms with van der Waals surface area (Å²) in [7, 11) is 0. The summed E-state index contributed by atoms with van der Waals surface area (Å²) in [6.07, 6.45) is 1.75. The number of hydrogen-bond acceptors (Lipinski definition) is 2. The van der Waals surface area contributed by atoms with Gasteiger partial charge in [-0.05, 0) is 12.0 Å². The predicted octanol–water partition coefficient (Wildman–Crippen LogP) is 2.98. The van der Waals surface area contributed by atoms with E-state index >= 15 is 0 Å². The Balaban J connectivity index is 1.88. The van der Waals surface area contributed by atoms with Crippen molar-refractivity contribution in [3.8, 4) is 0 Å². The minimum absolute atomic E-state index is 0.574. The lowest BCUT2D eigenvalue weighted by atomic mass is 10.1. The quantitative estimate of drug-likeness (QED) is 0.505. The molecule has 0 radical (unpaired) electrons. The van der Waals surface area contributed by atoms with E-state index in [4.69, 9.17) is 11.6 Å². The molecule has 0 atom stereocenters. The average molecular weight is 181 g/mol. The number of halogens is 1. The van der Waals surface area contributed by atoms with E-state index in [0.29, 0.717) is 0 Å². The van der Waals surface area contributed by atoms with Crippen LogP contribution >= 0.6 is 11.6 Å². The fourth-order valence-electron chi connectivity index (χ4n) is 1.10. The minimum Gasteiger partial charge on any atom is -0.141 e. The second kappa shape index (κ2) is 2.87. The molecule has 0 fully saturated rings. The van der Waals surface area contributed by atoms with E-state index in [1.807, 2.05) is 18.2 Å². The maximum absolute atomic E-state index is 5.86. The lowest BCUT2D eigenvalue weighted by Gasteiger charge is -2.01. The summed E-state index contributed by atoms with van der Waals surface area (Å²) >= 11 is 5.86. The molecule has 0 saturated heterocycles. The third-order valence-corrected chi connectivity index (χ3v) is 2.23. The molecule has 2 rings (SSSR count). The smallest absolute Gasteiger partial charge is 0.141 e. The van der Waals surface area contributed by atoms with Crippen LogP contribution in [0.25, 0.3) is 0 Å². The van der Waals surface area contributed by atoms with Crippen LogP contribution in [0, 0.1) is 0 Å². The van der Waals surface area contributed by atoms with Crippen molar-refractivity contribution in [2.24, 2.45) is 10.2 Å². The molecule has 62 valence electrons. The summed E-state index contributed by atoms with van der Waals surface area (Å²) in [5.41, 5.74) is 1.29. The number of alkyl halides is 1. The lowest BCUT2D eigenvalue weighted by Crippen LogP contribution is -2.01. The molecule has 1 heterocycles. The second-order valence-corrected chi connectivity index (χ2v) is 3.51. The zero-order valence-electron chi connectivity index (χ0n) is 6.57. The van der Waals surface area contributed by atoms with Gasteiger partial charge in [0.15, 0.2) is 0 Å². The molecule has 0 bridgehead atoms. The Hall–Kier alpha value is -0.890. The number of rotatable bonds is 3. The molecular weight excluding hydrogens is 172 g/mol. The molecular formula is C9H9ClN2. The zero-order valence-corrected chi connectivity index (χ0v) is 7.33. The Morgan fingerprint density at radius 3 is 2.42 bits per heavy atom. The second-order valence-electron chi connectivity index (χ2n) is 2.90. The first kappa shape index (κ1) is 7.74. The normalized spacial score (nSPS) is 17.8. The van der Waals surface area contributed by atoms with Crippen LogP contribution in [-0.2, 0) is 6.42 Å². The maximum atomic E-state index is 5.86. The Labute approximate surface area is 76.3 Å². The summed E-state index contributed by atoms with van der Waals surface area (Å²) < 4.78 is 0. The molecule has 2 nitrogen and oxygen atoms in total. The summed E-state index contributed by atoms with van der Waals surface area (Å²) in [4.78, 5) is 0. The van der Waals surface area contributed by atoms with Crippen molar-refractivity contribution in [3.05, 3.63) is 35.9 Å². The molecule has 1 aliphatic heterocycles. The third kappa shape index (κ3) is 1.83. The van der Waals surface area contributed by atoms with Crippen LogP contribution in [0.2, 0.25) is 0 Å². The molecule has 0 aromatic heterocycles. The topological polar surface area (TPSA) is 24.7 Å². The molecule has 0 unspecified atom stereocenters. The van der Waals surface area contributed by atoms with Crippen LogP contribution in [0.5, 0.6) is 0 Å². The summed E-state index contributed by atoms with van der Waals surface area (Å²) in [6.45, 7) is 0. The Bertz CT molecular complexity index is 289. The van der Waals surface area contributed by atoms with Crippen molar-refractivity contribution < 1.29 is 0 Å². The van der Waals surface area contributed by atoms with Gasteiger partial charge in [-0.2, -0.15) is 0 Å². The van der Waals surface area contributed by atoms with Gasteiger partial charge in [0.05, 0.1) is 0 Å². The average Bonchev–Trinajstić information content (AvgIpc) is 2.84. The van der Waals surface area contributed by atoms with Gasteiger partial charge in [0, 0.05) is 6.42 Å². The predicted molar refractivity (Wildman–Crippen MR) is 48.2 cm³/mol. The number of aryl methyl sites for hydroxylation is 1. The highest BCUT2D eigenvalue weighted by Crippen LogP contribution is 2.37. The fraction of sp³-hybridized carbons (Fsp3) is 0.333. The standard InChI is InChI=1S/C9H9ClN2/c10-9(11-12-9)7-6-8-4-2-1-3-5-8/h1-5H,6-7H2. The first-order chi connectivity index (χ1) is 5.79. The van der Waals surface area contributed by atoms with Crippen molar-refractivity contribution in [3.63, 3.8) is 0 Å². The van der Waals surface area contributed by atoms with E-state index in [2.05, 4.69) is 22.4 Å². The molecule has 0 amide bonds. The van der Waals surface area contributed by atoms with E-state index in [0.717, 1.165) is 12.8 Å². The Morgan fingerprint density at radius 1 is 1.17 bits per heavy atom. The van der Waals surface area contributed by atoms with Crippen LogP contribution in [0.3, 0.4) is 0 Å². The van der Waals surface area contributed by atoms with E-state index in [1.165, 1.54) is 5.56 Å². The van der Waals surface area contributed by atoms with Crippen LogP contribution in [-0.4, -0.2) is 5.12 Å². The van der Waals surface area contributed by atoms with Gasteiger partial charge >= 0.3 is 0 Å². The Morgan fingerprint density at radius 2 is 1.83 bits per heavy atom. The van der Waals surface area contributed by atoms with Gasteiger partial charge in [-0.3, -0.25) is 0 Å². The molecule has 0 N–H and O–H groups in total. The van der Waals surface area contributed by atoms with Crippen molar-refractivity contribution in [2.45, 2.75) is 18.0 Å². The van der Waals surface area contributed by atoms with Crippen molar-refractivity contribution >= 4 is 11.6 Å². The molecule has 12 heavy (non-hydrogen) atoms. The highest BCUT2D eigenvalue weighted by molar-refractivity contribution is 6.24. The van der Waals surface area contributed by atoms with Crippen molar-refractivity contribution in [2.75, 3.05) is 0 Å². The van der Waals surface area contributed by atoms with Crippen molar-refractivity contribution in [1.29, 1.82) is 0 Å². The maximum Gasteiger partial charge on any atom is 0.263 e. The lowest BCUT2D eigenvalue weighted by molar-refractivity contribution is 0.725. The SMILES string of the molecule is ClC1(CCc2ccccc2)N=N1. The molecule has 1 aliphatic rings. The molecule has 1 aromatic rings. The summed E-state index contributed by atoms with van der Waals surface area (Å²) in [5, 5.41) is 6.91. The van der Waals surface area contributed by atoms with Gasteiger partial charge < -0.3 is 0 Å². The monoisotopic (exact) mass is 180 g/mol. The molecule has 0 saturated carbocycles. The van der Waals surface area contributed by atoms with Gasteiger partial charge in [0.25, 0.3) is 5.12 Å². The van der Waals surface area contributed by atoms with Crippen LogP contribution in [0.4, 0.5) is 0 Å². The van der Waals surface area contributed by atoms with Gasteiger partial charge in [-0.1, -0.05) is 41.9 Å². The van der Waals surface area contributed by atoms with Gasteiger partial charge in [0.1, 0.15) is 0 Å². The Kier molecular flexibility index (Phi) is 1.85. The fourth-order valence-corrected chi connectivity index (χ4v) is 1.23. The summed E-state index contributed by atoms with van der Waals surface area (Å²) in [6, 6.07) is 10.2. The van der Waals surface area contributed by atoms with E-state index < -0.39 is 5.12 Å². The molecule has 3 heteroatoms. The largest absolute Gasteiger partial charge is 0.263 e. The van der Waals surface area contributed by atoms with Crippen LogP contribution in [0.1, 0.15) is 12.0 Å². The van der Waals surface area contributed by atoms with Crippen molar-refractivity contribution in [1.82, 2.24) is 0 Å². The van der Waals surface area contributed by atoms with E-state index in [-0.39, 0.29) is 0 Å². The number of nitrogens with zero attached hydrogens (tertiary/aromatic N) is 2. The molecule has 0 aliphatic carbocycles. The third-order valence-electron chi connectivity index (χ3n) is 1.89. The zero-order chi connectivity index (χ0) is 8.44. The van der Waals surface area contributed by atoms with Crippen LogP contribution < -0.4 is 0 Å². The minimum atomic E-state index is -0.574. The van der Waals surface area contributed by atoms with Gasteiger partial charge in [-0.15, -0.1) is 10.2 Å². The number of benzene rings is 1.